The first kappa shape index (κ1) is 13.3. The molecule has 5 heteroatoms. The van der Waals surface area contributed by atoms with Gasteiger partial charge in [-0.3, -0.25) is 9.48 Å². The predicted molar refractivity (Wildman–Crippen MR) is 71.3 cm³/mol. The molecule has 0 spiro atoms. The summed E-state index contributed by atoms with van der Waals surface area (Å²) in [7, 11) is 1.57. The van der Waals surface area contributed by atoms with Crippen LogP contribution in [-0.2, 0) is 13.0 Å². The van der Waals surface area contributed by atoms with Crippen LogP contribution in [-0.4, -0.2) is 27.7 Å². The van der Waals surface area contributed by atoms with Crippen LogP contribution in [0.2, 0.25) is 0 Å². The van der Waals surface area contributed by atoms with Crippen molar-refractivity contribution in [3.8, 4) is 5.88 Å². The van der Waals surface area contributed by atoms with Gasteiger partial charge in [-0.25, -0.2) is 4.98 Å². The van der Waals surface area contributed by atoms with E-state index in [4.69, 9.17) is 4.74 Å². The van der Waals surface area contributed by atoms with Gasteiger partial charge in [0.05, 0.1) is 7.11 Å². The van der Waals surface area contributed by atoms with Crippen molar-refractivity contribution in [1.82, 2.24) is 14.8 Å². The zero-order chi connectivity index (χ0) is 13.7. The number of nitrogens with zero attached hydrogens (tertiary/aromatic N) is 3. The van der Waals surface area contributed by atoms with E-state index in [1.807, 2.05) is 6.07 Å². The third kappa shape index (κ3) is 3.19. The number of aromatic nitrogens is 3. The topological polar surface area (TPSA) is 57.0 Å². The van der Waals surface area contributed by atoms with Crippen molar-refractivity contribution in [3.63, 3.8) is 0 Å². The summed E-state index contributed by atoms with van der Waals surface area (Å²) in [6.07, 6.45) is 4.60. The van der Waals surface area contributed by atoms with E-state index < -0.39 is 0 Å². The maximum atomic E-state index is 12.2. The fourth-order valence-corrected chi connectivity index (χ4v) is 1.87. The van der Waals surface area contributed by atoms with Crippen LogP contribution in [0.1, 0.15) is 29.4 Å². The number of carbonyl (C=O) groups is 1. The Kier molecular flexibility index (Phi) is 4.28. The van der Waals surface area contributed by atoms with Gasteiger partial charge in [0.25, 0.3) is 0 Å². The molecule has 2 heterocycles. The van der Waals surface area contributed by atoms with Gasteiger partial charge < -0.3 is 4.74 Å². The third-order valence-electron chi connectivity index (χ3n) is 2.81. The normalized spacial score (nSPS) is 10.4. The van der Waals surface area contributed by atoms with Gasteiger partial charge in [0.2, 0.25) is 5.88 Å². The number of aryl methyl sites for hydroxylation is 1. The van der Waals surface area contributed by atoms with E-state index in [0.29, 0.717) is 18.0 Å². The first-order valence-electron chi connectivity index (χ1n) is 6.28. The molecule has 0 amide bonds. The average Bonchev–Trinajstić information content (AvgIpc) is 2.88. The van der Waals surface area contributed by atoms with Crippen LogP contribution in [0, 0.1) is 0 Å². The average molecular weight is 259 g/mol. The van der Waals surface area contributed by atoms with Gasteiger partial charge >= 0.3 is 0 Å². The van der Waals surface area contributed by atoms with E-state index in [2.05, 4.69) is 17.0 Å². The highest BCUT2D eigenvalue weighted by Crippen LogP contribution is 2.10. The lowest BCUT2D eigenvalue weighted by Gasteiger charge is -2.05. The number of pyridine rings is 1. The van der Waals surface area contributed by atoms with Crippen molar-refractivity contribution >= 4 is 5.78 Å². The maximum Gasteiger partial charge on any atom is 0.212 e. The van der Waals surface area contributed by atoms with Crippen molar-refractivity contribution in [2.75, 3.05) is 7.11 Å². The van der Waals surface area contributed by atoms with Crippen molar-refractivity contribution in [1.29, 1.82) is 0 Å². The second-order valence-corrected chi connectivity index (χ2v) is 4.25. The summed E-state index contributed by atoms with van der Waals surface area (Å²) in [5.74, 6) is 0.602. The Morgan fingerprint density at radius 3 is 2.84 bits per heavy atom. The molecule has 0 aliphatic rings. The monoisotopic (exact) mass is 259 g/mol. The second kappa shape index (κ2) is 6.13. The Bertz CT molecular complexity index is 546. The summed E-state index contributed by atoms with van der Waals surface area (Å²) < 4.78 is 6.74. The third-order valence-corrected chi connectivity index (χ3v) is 2.81. The van der Waals surface area contributed by atoms with Gasteiger partial charge in [-0.2, -0.15) is 5.10 Å². The Morgan fingerprint density at radius 2 is 2.21 bits per heavy atom. The fraction of sp³-hybridized carbons (Fsp3) is 0.357. The minimum atomic E-state index is 0.0536. The van der Waals surface area contributed by atoms with Crippen LogP contribution in [0.25, 0.3) is 0 Å². The van der Waals surface area contributed by atoms with Crippen molar-refractivity contribution in [3.05, 3.63) is 41.9 Å². The van der Waals surface area contributed by atoms with Crippen LogP contribution < -0.4 is 4.74 Å². The molecule has 100 valence electrons. The molecule has 19 heavy (non-hydrogen) atoms. The summed E-state index contributed by atoms with van der Waals surface area (Å²) in [6.45, 7) is 2.82. The summed E-state index contributed by atoms with van der Waals surface area (Å²) in [5, 5.41) is 4.16. The van der Waals surface area contributed by atoms with E-state index in [9.17, 15) is 4.79 Å². The quantitative estimate of drug-likeness (QED) is 0.746. The number of ketones is 1. The molecule has 0 saturated carbocycles. The lowest BCUT2D eigenvalue weighted by atomic mass is 10.1. The van der Waals surface area contributed by atoms with Gasteiger partial charge in [-0.15, -0.1) is 0 Å². The minimum Gasteiger partial charge on any atom is -0.481 e. The zero-order valence-electron chi connectivity index (χ0n) is 11.2. The summed E-state index contributed by atoms with van der Waals surface area (Å²) >= 11 is 0. The number of ether oxygens (including phenoxy) is 1. The standard InChI is InChI=1S/C14H17N3O2/c1-3-8-17-12(6-7-16-17)13(18)9-11-4-5-14(19-2)15-10-11/h4-7,10H,3,8-9H2,1-2H3. The SMILES string of the molecule is CCCn1nccc1C(=O)Cc1ccc(OC)nc1. The molecule has 5 nitrogen and oxygen atoms in total. The Labute approximate surface area is 112 Å². The molecule has 2 aromatic rings. The highest BCUT2D eigenvalue weighted by atomic mass is 16.5. The highest BCUT2D eigenvalue weighted by Gasteiger charge is 2.12. The number of hydrogen-bond acceptors (Lipinski definition) is 4. The smallest absolute Gasteiger partial charge is 0.212 e. The molecule has 0 saturated heterocycles. The van der Waals surface area contributed by atoms with Gasteiger partial charge in [-0.05, 0) is 18.1 Å². The zero-order valence-corrected chi connectivity index (χ0v) is 11.2. The Hall–Kier alpha value is -2.17. The number of carbonyl (C=O) groups excluding carboxylic acids is 1. The molecule has 0 aliphatic carbocycles. The van der Waals surface area contributed by atoms with Crippen molar-refractivity contribution in [2.24, 2.45) is 0 Å². The van der Waals surface area contributed by atoms with E-state index >= 15 is 0 Å². The summed E-state index contributed by atoms with van der Waals surface area (Å²) in [4.78, 5) is 16.3. The van der Waals surface area contributed by atoms with Crippen LogP contribution >= 0.6 is 0 Å². The van der Waals surface area contributed by atoms with Crippen LogP contribution in [0.3, 0.4) is 0 Å². The van der Waals surface area contributed by atoms with E-state index in [1.165, 1.54) is 0 Å². The molecule has 0 fully saturated rings. The summed E-state index contributed by atoms with van der Waals surface area (Å²) in [6, 6.07) is 5.37. The Balaban J connectivity index is 2.09. The van der Waals surface area contributed by atoms with Gasteiger partial charge in [0.1, 0.15) is 5.69 Å². The highest BCUT2D eigenvalue weighted by molar-refractivity contribution is 5.95. The van der Waals surface area contributed by atoms with Crippen LogP contribution in [0.5, 0.6) is 5.88 Å². The lowest BCUT2D eigenvalue weighted by molar-refractivity contribution is 0.0982. The molecular weight excluding hydrogens is 242 g/mol. The number of methoxy groups -OCH3 is 1. The van der Waals surface area contributed by atoms with E-state index in [0.717, 1.165) is 18.5 Å². The van der Waals surface area contributed by atoms with Crippen molar-refractivity contribution < 1.29 is 9.53 Å². The predicted octanol–water partition coefficient (Wildman–Crippen LogP) is 2.12. The maximum absolute atomic E-state index is 12.2. The van der Waals surface area contributed by atoms with Gasteiger partial charge in [0, 0.05) is 31.4 Å². The first-order chi connectivity index (χ1) is 9.24. The molecule has 0 N–H and O–H groups in total. The van der Waals surface area contributed by atoms with Crippen LogP contribution in [0.15, 0.2) is 30.6 Å². The van der Waals surface area contributed by atoms with E-state index in [-0.39, 0.29) is 5.78 Å². The molecule has 2 rings (SSSR count). The van der Waals surface area contributed by atoms with E-state index in [1.54, 1.807) is 36.3 Å². The number of rotatable bonds is 6. The molecule has 0 aliphatic heterocycles. The fourth-order valence-electron chi connectivity index (χ4n) is 1.87. The molecule has 0 aromatic carbocycles. The molecular formula is C14H17N3O2. The van der Waals surface area contributed by atoms with Gasteiger partial charge in [-0.1, -0.05) is 13.0 Å². The lowest BCUT2D eigenvalue weighted by Crippen LogP contribution is -2.12. The first-order valence-corrected chi connectivity index (χ1v) is 6.28. The minimum absolute atomic E-state index is 0.0536. The molecule has 0 unspecified atom stereocenters. The largest absolute Gasteiger partial charge is 0.481 e. The second-order valence-electron chi connectivity index (χ2n) is 4.25. The molecule has 2 aromatic heterocycles. The number of hydrogen-bond donors (Lipinski definition) is 0. The number of Topliss-reactive ketones (excluding diaryl/α,β-unsaturated/α-hetero) is 1. The van der Waals surface area contributed by atoms with Gasteiger partial charge in [0.15, 0.2) is 5.78 Å². The van der Waals surface area contributed by atoms with Crippen molar-refractivity contribution in [2.45, 2.75) is 26.3 Å². The molecule has 0 bridgehead atoms. The molecule has 0 atom stereocenters. The summed E-state index contributed by atoms with van der Waals surface area (Å²) in [5.41, 5.74) is 1.52. The Morgan fingerprint density at radius 1 is 1.37 bits per heavy atom. The van der Waals surface area contributed by atoms with Crippen LogP contribution in [0.4, 0.5) is 0 Å². The molecule has 0 radical (unpaired) electrons.